The molecule has 0 aliphatic carbocycles. The summed E-state index contributed by atoms with van der Waals surface area (Å²) >= 11 is 3.24. The van der Waals surface area contributed by atoms with Crippen LogP contribution >= 0.6 is 15.9 Å². The summed E-state index contributed by atoms with van der Waals surface area (Å²) < 4.78 is 24.2. The monoisotopic (exact) mass is 328 g/mol. The molecule has 1 aromatic heterocycles. The van der Waals surface area contributed by atoms with Crippen LogP contribution in [0.5, 0.6) is 5.75 Å². The van der Waals surface area contributed by atoms with Gasteiger partial charge in [0.25, 0.3) is 5.91 Å². The number of hydrogen-bond acceptors (Lipinski definition) is 4. The predicted molar refractivity (Wildman–Crippen MR) is 68.8 cm³/mol. The maximum absolute atomic E-state index is 13.0. The first-order valence-corrected chi connectivity index (χ1v) is 6.05. The molecule has 2 rings (SSSR count). The van der Waals surface area contributed by atoms with Gasteiger partial charge in [-0.15, -0.1) is 0 Å². The van der Waals surface area contributed by atoms with E-state index in [2.05, 4.69) is 15.9 Å². The Morgan fingerprint density at radius 2 is 2.26 bits per heavy atom. The van der Waals surface area contributed by atoms with Crippen LogP contribution in [0.1, 0.15) is 16.1 Å². The SMILES string of the molecule is NNC(=O)c1coc(COc2cc(F)ccc2Br)c1. The van der Waals surface area contributed by atoms with Crippen LogP contribution in [0.2, 0.25) is 0 Å². The number of halogens is 2. The normalized spacial score (nSPS) is 10.3. The zero-order chi connectivity index (χ0) is 13.8. The summed E-state index contributed by atoms with van der Waals surface area (Å²) in [5.41, 5.74) is 2.28. The average Bonchev–Trinajstić information content (AvgIpc) is 2.88. The molecule has 19 heavy (non-hydrogen) atoms. The summed E-state index contributed by atoms with van der Waals surface area (Å²) in [7, 11) is 0. The number of furan rings is 1. The fraction of sp³-hybridized carbons (Fsp3) is 0.0833. The molecular formula is C12H10BrFN2O3. The third-order valence-corrected chi connectivity index (χ3v) is 2.97. The van der Waals surface area contributed by atoms with Crippen LogP contribution in [-0.4, -0.2) is 5.91 Å². The molecule has 3 N–H and O–H groups in total. The second-order valence-corrected chi connectivity index (χ2v) is 4.49. The number of hydrazine groups is 1. The van der Waals surface area contributed by atoms with Gasteiger partial charge in [-0.3, -0.25) is 10.2 Å². The van der Waals surface area contributed by atoms with Gasteiger partial charge in [0, 0.05) is 6.07 Å². The smallest absolute Gasteiger partial charge is 0.268 e. The van der Waals surface area contributed by atoms with Crippen LogP contribution in [0, 0.1) is 5.82 Å². The van der Waals surface area contributed by atoms with E-state index >= 15 is 0 Å². The lowest BCUT2D eigenvalue weighted by atomic mass is 10.3. The summed E-state index contributed by atoms with van der Waals surface area (Å²) in [6.45, 7) is 0.0693. The number of benzene rings is 1. The Labute approximate surface area is 116 Å². The van der Waals surface area contributed by atoms with E-state index in [0.717, 1.165) is 0 Å². The van der Waals surface area contributed by atoms with Gasteiger partial charge in [-0.05, 0) is 34.1 Å². The Morgan fingerprint density at radius 3 is 3.00 bits per heavy atom. The molecule has 0 radical (unpaired) electrons. The Balaban J connectivity index is 2.04. The maximum Gasteiger partial charge on any atom is 0.268 e. The van der Waals surface area contributed by atoms with Crippen molar-refractivity contribution >= 4 is 21.8 Å². The van der Waals surface area contributed by atoms with Crippen LogP contribution in [0.4, 0.5) is 4.39 Å². The van der Waals surface area contributed by atoms with E-state index in [9.17, 15) is 9.18 Å². The number of nitrogens with two attached hydrogens (primary N) is 1. The lowest BCUT2D eigenvalue weighted by Crippen LogP contribution is -2.29. The topological polar surface area (TPSA) is 77.5 Å². The number of ether oxygens (including phenoxy) is 1. The fourth-order valence-electron chi connectivity index (χ4n) is 1.40. The fourth-order valence-corrected chi connectivity index (χ4v) is 1.76. The van der Waals surface area contributed by atoms with Crippen molar-refractivity contribution in [2.24, 2.45) is 5.84 Å². The minimum absolute atomic E-state index is 0.0693. The third kappa shape index (κ3) is 3.33. The van der Waals surface area contributed by atoms with E-state index in [0.29, 0.717) is 21.5 Å². The predicted octanol–water partition coefficient (Wildman–Crippen LogP) is 2.36. The van der Waals surface area contributed by atoms with Crippen molar-refractivity contribution in [3.63, 3.8) is 0 Å². The van der Waals surface area contributed by atoms with Gasteiger partial charge < -0.3 is 9.15 Å². The Bertz CT molecular complexity index is 600. The quantitative estimate of drug-likeness (QED) is 0.513. The Hall–Kier alpha value is -1.86. The van der Waals surface area contributed by atoms with Crippen LogP contribution in [-0.2, 0) is 6.61 Å². The highest BCUT2D eigenvalue weighted by Crippen LogP contribution is 2.26. The second kappa shape index (κ2) is 5.85. The van der Waals surface area contributed by atoms with Gasteiger partial charge in [0.05, 0.1) is 10.0 Å². The van der Waals surface area contributed by atoms with Gasteiger partial charge in [0.1, 0.15) is 30.2 Å². The highest BCUT2D eigenvalue weighted by atomic mass is 79.9. The van der Waals surface area contributed by atoms with Crippen molar-refractivity contribution < 1.29 is 18.3 Å². The molecule has 0 fully saturated rings. The number of carbonyl (C=O) groups is 1. The van der Waals surface area contributed by atoms with E-state index < -0.39 is 11.7 Å². The van der Waals surface area contributed by atoms with Gasteiger partial charge in [0.15, 0.2) is 0 Å². The zero-order valence-corrected chi connectivity index (χ0v) is 11.2. The summed E-state index contributed by atoms with van der Waals surface area (Å²) in [6, 6.07) is 5.60. The highest BCUT2D eigenvalue weighted by Gasteiger charge is 2.10. The molecule has 0 spiro atoms. The molecule has 0 unspecified atom stereocenters. The average molecular weight is 329 g/mol. The molecule has 100 valence electrons. The van der Waals surface area contributed by atoms with Crippen molar-refractivity contribution in [1.29, 1.82) is 0 Å². The molecule has 2 aromatic rings. The largest absolute Gasteiger partial charge is 0.484 e. The molecule has 0 atom stereocenters. The van der Waals surface area contributed by atoms with E-state index in [-0.39, 0.29) is 6.61 Å². The van der Waals surface area contributed by atoms with Crippen molar-refractivity contribution in [1.82, 2.24) is 5.43 Å². The number of carbonyl (C=O) groups excluding carboxylic acids is 1. The minimum Gasteiger partial charge on any atom is -0.484 e. The lowest BCUT2D eigenvalue weighted by molar-refractivity contribution is 0.0953. The molecule has 0 bridgehead atoms. The summed E-state index contributed by atoms with van der Waals surface area (Å²) in [4.78, 5) is 11.2. The molecule has 5 nitrogen and oxygen atoms in total. The van der Waals surface area contributed by atoms with E-state index in [1.54, 1.807) is 6.07 Å². The summed E-state index contributed by atoms with van der Waals surface area (Å²) in [5.74, 6) is 4.91. The first kappa shape index (κ1) is 13.6. The lowest BCUT2D eigenvalue weighted by Gasteiger charge is -2.06. The van der Waals surface area contributed by atoms with E-state index in [1.807, 2.05) is 5.43 Å². The molecule has 1 heterocycles. The van der Waals surface area contributed by atoms with Crippen LogP contribution < -0.4 is 16.0 Å². The van der Waals surface area contributed by atoms with Crippen LogP contribution in [0.25, 0.3) is 0 Å². The van der Waals surface area contributed by atoms with Crippen LogP contribution in [0.3, 0.4) is 0 Å². The van der Waals surface area contributed by atoms with Crippen molar-refractivity contribution in [3.8, 4) is 5.75 Å². The number of nitrogens with one attached hydrogen (secondary N) is 1. The van der Waals surface area contributed by atoms with Crippen molar-refractivity contribution in [2.75, 3.05) is 0 Å². The molecular weight excluding hydrogens is 319 g/mol. The Morgan fingerprint density at radius 1 is 1.47 bits per heavy atom. The number of hydrogen-bond donors (Lipinski definition) is 2. The Kier molecular flexibility index (Phi) is 4.18. The van der Waals surface area contributed by atoms with E-state index in [1.165, 1.54) is 24.5 Å². The van der Waals surface area contributed by atoms with Crippen molar-refractivity contribution in [2.45, 2.75) is 6.61 Å². The number of rotatable bonds is 4. The molecule has 1 amide bonds. The van der Waals surface area contributed by atoms with Crippen LogP contribution in [0.15, 0.2) is 39.4 Å². The molecule has 1 aromatic carbocycles. The summed E-state index contributed by atoms with van der Waals surface area (Å²) in [5, 5.41) is 0. The molecule has 0 saturated carbocycles. The number of amides is 1. The van der Waals surface area contributed by atoms with Gasteiger partial charge in [0.2, 0.25) is 0 Å². The van der Waals surface area contributed by atoms with E-state index in [4.69, 9.17) is 15.0 Å². The number of nitrogen functional groups attached to an aromatic ring is 1. The van der Waals surface area contributed by atoms with Gasteiger partial charge in [-0.1, -0.05) is 0 Å². The molecule has 7 heteroatoms. The molecule has 0 aliphatic heterocycles. The van der Waals surface area contributed by atoms with Crippen molar-refractivity contribution in [3.05, 3.63) is 52.1 Å². The first-order valence-electron chi connectivity index (χ1n) is 5.26. The molecule has 0 aliphatic rings. The maximum atomic E-state index is 13.0. The van der Waals surface area contributed by atoms with Gasteiger partial charge in [-0.2, -0.15) is 0 Å². The highest BCUT2D eigenvalue weighted by molar-refractivity contribution is 9.10. The second-order valence-electron chi connectivity index (χ2n) is 3.64. The zero-order valence-electron chi connectivity index (χ0n) is 9.65. The van der Waals surface area contributed by atoms with Gasteiger partial charge in [-0.25, -0.2) is 10.2 Å². The summed E-state index contributed by atoms with van der Waals surface area (Å²) in [6.07, 6.45) is 1.27. The molecule has 0 saturated heterocycles. The third-order valence-electron chi connectivity index (χ3n) is 2.31. The standard InChI is InChI=1S/C12H10BrFN2O3/c13-10-2-1-8(14)4-11(10)19-6-9-3-7(5-18-9)12(17)16-15/h1-5H,6,15H2,(H,16,17). The minimum atomic E-state index is -0.457. The van der Waals surface area contributed by atoms with Gasteiger partial charge >= 0.3 is 0 Å². The first-order chi connectivity index (χ1) is 9.10.